The van der Waals surface area contributed by atoms with Crippen LogP contribution in [0.3, 0.4) is 0 Å². The van der Waals surface area contributed by atoms with Crippen LogP contribution in [0.5, 0.6) is 0 Å². The molecule has 2 heterocycles. The van der Waals surface area contributed by atoms with Crippen molar-refractivity contribution in [3.8, 4) is 122 Å². The molecule has 0 unspecified atom stereocenters. The third kappa shape index (κ3) is 13.5. The van der Waals surface area contributed by atoms with Gasteiger partial charge >= 0.3 is 0 Å². The highest BCUT2D eigenvalue weighted by molar-refractivity contribution is 6.28. The van der Waals surface area contributed by atoms with E-state index in [9.17, 15) is 0 Å². The first-order chi connectivity index (χ1) is 70.9. The number of rotatable bonds is 9. The fourth-order valence-electron chi connectivity index (χ4n) is 24.6. The second kappa shape index (κ2) is 33.3. The van der Waals surface area contributed by atoms with Crippen LogP contribution < -0.4 is 0 Å². The molecule has 144 heavy (non-hydrogen) atoms. The van der Waals surface area contributed by atoms with E-state index in [1.807, 2.05) is 0 Å². The van der Waals surface area contributed by atoms with E-state index in [-0.39, 0.29) is 10.8 Å². The lowest BCUT2D eigenvalue weighted by Crippen LogP contribution is -2.14. The fourth-order valence-corrected chi connectivity index (χ4v) is 24.6. The molecule has 2 nitrogen and oxygen atoms in total. The predicted molar refractivity (Wildman–Crippen MR) is 613 cm³/mol. The Hall–Kier alpha value is -18.1. The SMILES string of the molecule is CC1(C)c2ccccc2-c2ccc(-c3ccc4c(-c5ccc6ccccc6c5)c5ccccc5c(-c5ccc6c(c5)C(C)(C)c5ccccc5-6)c4c3)cc21.c1ccc(-c2c3ccccc3c(-c3ccc4oc5c6ccccc6ccc5c4c3)c3ccc(-c4ccc5ccccc5c4)cc23)cc1.c1ccc(-c2ccc3c(-c4ccccc4)c4ccccc4c(-c4ccc5oc6c7ccccc7ccc6c5c4)c3c2)cc1. The van der Waals surface area contributed by atoms with E-state index in [1.54, 1.807) is 0 Å². The van der Waals surface area contributed by atoms with Gasteiger partial charge in [0.2, 0.25) is 0 Å². The summed E-state index contributed by atoms with van der Waals surface area (Å²) in [5, 5.41) is 29.4. The van der Waals surface area contributed by atoms with Gasteiger partial charge in [0, 0.05) is 43.1 Å². The zero-order valence-corrected chi connectivity index (χ0v) is 80.2. The van der Waals surface area contributed by atoms with E-state index in [1.165, 1.54) is 242 Å². The summed E-state index contributed by atoms with van der Waals surface area (Å²) in [5.74, 6) is 0. The molecule has 2 heteroatoms. The molecule has 26 aromatic carbocycles. The summed E-state index contributed by atoms with van der Waals surface area (Å²) in [6.45, 7) is 9.50. The average molecular weight is 1830 g/mol. The van der Waals surface area contributed by atoms with Crippen LogP contribution in [0.1, 0.15) is 49.9 Å². The van der Waals surface area contributed by atoms with Gasteiger partial charge in [-0.25, -0.2) is 0 Å². The molecule has 0 bridgehead atoms. The number of benzene rings is 26. The van der Waals surface area contributed by atoms with Gasteiger partial charge in [-0.05, 0) is 320 Å². The van der Waals surface area contributed by atoms with Gasteiger partial charge in [0.25, 0.3) is 0 Å². The van der Waals surface area contributed by atoms with Crippen molar-refractivity contribution in [1.29, 1.82) is 0 Å². The summed E-state index contributed by atoms with van der Waals surface area (Å²) in [4.78, 5) is 0. The molecule has 674 valence electrons. The summed E-state index contributed by atoms with van der Waals surface area (Å²) < 4.78 is 13.0. The van der Waals surface area contributed by atoms with Gasteiger partial charge in [0.1, 0.15) is 22.3 Å². The van der Waals surface area contributed by atoms with Crippen LogP contribution in [0.25, 0.3) is 274 Å². The van der Waals surface area contributed by atoms with Crippen LogP contribution in [0, 0.1) is 0 Å². The molecule has 0 radical (unpaired) electrons. The lowest BCUT2D eigenvalue weighted by atomic mass is 9.80. The number of furan rings is 2. The molecule has 30 rings (SSSR count). The van der Waals surface area contributed by atoms with Crippen molar-refractivity contribution in [3.63, 3.8) is 0 Å². The Balaban J connectivity index is 0.000000106. The minimum absolute atomic E-state index is 0.0573. The lowest BCUT2D eigenvalue weighted by Gasteiger charge is -2.23. The van der Waals surface area contributed by atoms with Crippen LogP contribution in [0.15, 0.2) is 506 Å². The van der Waals surface area contributed by atoms with Gasteiger partial charge in [-0.1, -0.05) is 446 Å². The highest BCUT2D eigenvalue weighted by Crippen LogP contribution is 2.56. The molecule has 2 aliphatic rings. The quantitative estimate of drug-likeness (QED) is 0.135. The smallest absolute Gasteiger partial charge is 0.143 e. The number of hydrogen-bond donors (Lipinski definition) is 0. The maximum absolute atomic E-state index is 6.50. The van der Waals surface area contributed by atoms with Crippen molar-refractivity contribution in [2.24, 2.45) is 0 Å². The van der Waals surface area contributed by atoms with E-state index in [4.69, 9.17) is 8.83 Å². The minimum Gasteiger partial charge on any atom is -0.455 e. The van der Waals surface area contributed by atoms with E-state index >= 15 is 0 Å². The van der Waals surface area contributed by atoms with E-state index in [2.05, 4.69) is 525 Å². The highest BCUT2D eigenvalue weighted by atomic mass is 16.3. The van der Waals surface area contributed by atoms with E-state index < -0.39 is 0 Å². The standard InChI is InChI=1S/C54H40.C46H28O.C42H26O/c1-53(2)47-19-11-9-15-39(47)41-26-23-36(31-49(41)53)35-24-28-45-46(30-35)52(38-25-27-42-40-16-10-12-20-48(40)54(3,4)50(42)32-38)44-18-8-7-17-43(44)51(45)37-22-21-33-13-5-6-14-34(33)29-37;1-2-12-31(13-3-1)44-37-16-8-9-17-38(37)45(39-23-21-34(27-42(39)44)33-19-18-29-10-4-5-14-32(29)26-33)35-22-25-43-41(28-35)40-24-20-30-11-6-7-15-36(30)46(40)47-43;1-3-11-27(12-4-1)30-20-22-35-38(25-30)41(34-18-10-9-17-33(34)40(35)29-14-5-2-6-15-29)31-21-24-39-37(26-31)36-23-19-28-13-7-8-16-32(28)42(36)43-39/h5-32H,1-4H3;1-28H;1-26H. The van der Waals surface area contributed by atoms with Crippen LogP contribution in [-0.2, 0) is 10.8 Å². The monoisotopic (exact) mass is 1830 g/mol. The van der Waals surface area contributed by atoms with Gasteiger partial charge in [-0.3, -0.25) is 0 Å². The molecule has 0 spiro atoms. The molecule has 0 saturated carbocycles. The van der Waals surface area contributed by atoms with Crippen LogP contribution in [-0.4, -0.2) is 0 Å². The third-order valence-electron chi connectivity index (χ3n) is 31.5. The summed E-state index contributed by atoms with van der Waals surface area (Å²) in [5.41, 5.74) is 36.9. The Morgan fingerprint density at radius 2 is 0.375 bits per heavy atom. The van der Waals surface area contributed by atoms with Crippen LogP contribution in [0.4, 0.5) is 0 Å². The van der Waals surface area contributed by atoms with Crippen molar-refractivity contribution in [3.05, 3.63) is 520 Å². The highest BCUT2D eigenvalue weighted by Gasteiger charge is 2.38. The number of fused-ring (bicyclic) bond motifs is 24. The van der Waals surface area contributed by atoms with E-state index in [0.717, 1.165) is 54.6 Å². The third-order valence-corrected chi connectivity index (χ3v) is 31.5. The maximum Gasteiger partial charge on any atom is 0.143 e. The number of hydrogen-bond acceptors (Lipinski definition) is 2. The van der Waals surface area contributed by atoms with E-state index in [0.29, 0.717) is 0 Å². The first-order valence-electron chi connectivity index (χ1n) is 50.2. The van der Waals surface area contributed by atoms with Gasteiger partial charge < -0.3 is 8.83 Å². The molecule has 0 saturated heterocycles. The molecular formula is C142H94O2. The minimum atomic E-state index is -0.0848. The van der Waals surface area contributed by atoms with Crippen molar-refractivity contribution in [2.45, 2.75) is 38.5 Å². The molecule has 0 N–H and O–H groups in total. The Morgan fingerprint density at radius 3 is 0.812 bits per heavy atom. The summed E-state index contributed by atoms with van der Waals surface area (Å²) >= 11 is 0. The zero-order valence-electron chi connectivity index (χ0n) is 80.2. The fraction of sp³-hybridized carbons (Fsp3) is 0.0423. The summed E-state index contributed by atoms with van der Waals surface area (Å²) in [6.07, 6.45) is 0. The van der Waals surface area contributed by atoms with Crippen LogP contribution >= 0.6 is 0 Å². The first-order valence-corrected chi connectivity index (χ1v) is 50.2. The lowest BCUT2D eigenvalue weighted by molar-refractivity contribution is 0.660. The topological polar surface area (TPSA) is 26.3 Å². The molecule has 2 aliphatic carbocycles. The average Bonchev–Trinajstić information content (AvgIpc) is 1.00. The van der Waals surface area contributed by atoms with Crippen molar-refractivity contribution < 1.29 is 8.83 Å². The Bertz CT molecular complexity index is 10200. The van der Waals surface area contributed by atoms with Gasteiger partial charge in [-0.2, -0.15) is 0 Å². The molecule has 2 aromatic heterocycles. The van der Waals surface area contributed by atoms with Gasteiger partial charge in [0.05, 0.1) is 0 Å². The molecule has 0 aliphatic heterocycles. The zero-order chi connectivity index (χ0) is 95.6. The summed E-state index contributed by atoms with van der Waals surface area (Å²) in [6, 6.07) is 183. The largest absolute Gasteiger partial charge is 0.455 e. The van der Waals surface area contributed by atoms with Crippen LogP contribution in [0.2, 0.25) is 0 Å². The molecular weight excluding hydrogens is 1740 g/mol. The molecule has 0 amide bonds. The predicted octanol–water partition coefficient (Wildman–Crippen LogP) is 40.0. The van der Waals surface area contributed by atoms with Gasteiger partial charge in [-0.15, -0.1) is 0 Å². The van der Waals surface area contributed by atoms with Crippen molar-refractivity contribution in [1.82, 2.24) is 0 Å². The molecule has 0 atom stereocenters. The Morgan fingerprint density at radius 1 is 0.132 bits per heavy atom. The van der Waals surface area contributed by atoms with Gasteiger partial charge in [0.15, 0.2) is 0 Å². The maximum atomic E-state index is 6.50. The summed E-state index contributed by atoms with van der Waals surface area (Å²) in [7, 11) is 0. The van der Waals surface area contributed by atoms with Crippen molar-refractivity contribution >= 4 is 152 Å². The second-order valence-electron chi connectivity index (χ2n) is 40.2. The molecule has 28 aromatic rings. The Kier molecular flexibility index (Phi) is 19.4. The second-order valence-corrected chi connectivity index (χ2v) is 40.2. The first kappa shape index (κ1) is 84.0. The van der Waals surface area contributed by atoms with Crippen molar-refractivity contribution in [2.75, 3.05) is 0 Å². The Labute approximate surface area is 834 Å². The molecule has 0 fully saturated rings. The normalized spacial score (nSPS) is 12.8.